The van der Waals surface area contributed by atoms with Crippen molar-refractivity contribution in [1.29, 1.82) is 0 Å². The third-order valence-corrected chi connectivity index (χ3v) is 6.48. The van der Waals surface area contributed by atoms with Crippen LogP contribution in [0.4, 0.5) is 0 Å². The number of halogens is 1. The van der Waals surface area contributed by atoms with Gasteiger partial charge < -0.3 is 4.98 Å². The highest BCUT2D eigenvalue weighted by atomic mass is 35.5. The van der Waals surface area contributed by atoms with E-state index in [1.807, 2.05) is 6.92 Å². The fourth-order valence-corrected chi connectivity index (χ4v) is 6.05. The molecule has 4 aliphatic rings. The lowest BCUT2D eigenvalue weighted by Gasteiger charge is -2.54. The molecule has 0 radical (unpaired) electrons. The molecule has 3 nitrogen and oxygen atoms in total. The summed E-state index contributed by atoms with van der Waals surface area (Å²) in [7, 11) is 0. The van der Waals surface area contributed by atoms with Gasteiger partial charge in [-0.15, -0.1) is 0 Å². The van der Waals surface area contributed by atoms with Crippen LogP contribution >= 0.6 is 11.6 Å². The first kappa shape index (κ1) is 12.5. The Morgan fingerprint density at radius 2 is 1.71 bits per heavy atom. The molecule has 21 heavy (non-hydrogen) atoms. The van der Waals surface area contributed by atoms with Gasteiger partial charge in [0.05, 0.1) is 5.52 Å². The van der Waals surface area contributed by atoms with E-state index in [-0.39, 0.29) is 0 Å². The predicted molar refractivity (Wildman–Crippen MR) is 83.4 cm³/mol. The molecule has 4 bridgehead atoms. The van der Waals surface area contributed by atoms with E-state index in [0.717, 1.165) is 40.5 Å². The van der Waals surface area contributed by atoms with E-state index in [1.165, 1.54) is 37.7 Å². The topological polar surface area (TPSA) is 41.6 Å². The van der Waals surface area contributed by atoms with E-state index < -0.39 is 0 Å². The van der Waals surface area contributed by atoms with Gasteiger partial charge in [0.15, 0.2) is 5.15 Å². The highest BCUT2D eigenvalue weighted by Crippen LogP contribution is 2.60. The highest BCUT2D eigenvalue weighted by Gasteiger charge is 2.49. The van der Waals surface area contributed by atoms with Gasteiger partial charge in [-0.2, -0.15) is 0 Å². The summed E-state index contributed by atoms with van der Waals surface area (Å²) >= 11 is 6.28. The molecule has 4 fully saturated rings. The number of aryl methyl sites for hydroxylation is 1. The minimum atomic E-state index is 0.563. The Labute approximate surface area is 129 Å². The van der Waals surface area contributed by atoms with Crippen LogP contribution in [0.3, 0.4) is 0 Å². The van der Waals surface area contributed by atoms with E-state index in [1.54, 1.807) is 0 Å². The molecule has 2 aromatic rings. The monoisotopic (exact) mass is 301 g/mol. The van der Waals surface area contributed by atoms with Crippen molar-refractivity contribution in [2.24, 2.45) is 23.7 Å². The van der Waals surface area contributed by atoms with E-state index in [9.17, 15) is 0 Å². The molecule has 0 saturated heterocycles. The van der Waals surface area contributed by atoms with Gasteiger partial charge in [-0.25, -0.2) is 9.97 Å². The number of rotatable bonds is 1. The van der Waals surface area contributed by atoms with Gasteiger partial charge in [-0.1, -0.05) is 11.6 Å². The molecule has 0 atom stereocenters. The van der Waals surface area contributed by atoms with Crippen LogP contribution in [0.25, 0.3) is 11.0 Å². The SMILES string of the molecule is Cc1nc(Cl)c2[nH]cc(C3C4CC5CC(C4)CC3C5)c2n1. The molecule has 4 saturated carbocycles. The molecular weight excluding hydrogens is 282 g/mol. The van der Waals surface area contributed by atoms with E-state index in [4.69, 9.17) is 16.6 Å². The molecule has 4 aliphatic carbocycles. The maximum atomic E-state index is 6.28. The van der Waals surface area contributed by atoms with Crippen LogP contribution in [-0.4, -0.2) is 15.0 Å². The van der Waals surface area contributed by atoms with Crippen LogP contribution in [0.15, 0.2) is 6.20 Å². The summed E-state index contributed by atoms with van der Waals surface area (Å²) in [6, 6.07) is 0. The second-order valence-electron chi connectivity index (χ2n) is 7.49. The first-order valence-corrected chi connectivity index (χ1v) is 8.58. The molecule has 4 heteroatoms. The molecule has 0 spiro atoms. The zero-order valence-corrected chi connectivity index (χ0v) is 13.0. The number of nitrogens with zero attached hydrogens (tertiary/aromatic N) is 2. The van der Waals surface area contributed by atoms with Gasteiger partial charge in [-0.3, -0.25) is 0 Å². The number of fused-ring (bicyclic) bond motifs is 1. The predicted octanol–water partition coefficient (Wildman–Crippen LogP) is 4.46. The van der Waals surface area contributed by atoms with Gasteiger partial charge in [0.2, 0.25) is 0 Å². The van der Waals surface area contributed by atoms with Gasteiger partial charge in [0.25, 0.3) is 0 Å². The largest absolute Gasteiger partial charge is 0.357 e. The average Bonchev–Trinajstić information content (AvgIpc) is 2.81. The number of hydrogen-bond acceptors (Lipinski definition) is 2. The summed E-state index contributed by atoms with van der Waals surface area (Å²) in [5, 5.41) is 0.563. The molecule has 0 aliphatic heterocycles. The Bertz CT molecular complexity index is 692. The molecule has 6 rings (SSSR count). The van der Waals surface area contributed by atoms with Gasteiger partial charge >= 0.3 is 0 Å². The summed E-state index contributed by atoms with van der Waals surface area (Å²) in [5.41, 5.74) is 3.40. The van der Waals surface area contributed by atoms with E-state index >= 15 is 0 Å². The molecule has 2 aromatic heterocycles. The molecule has 2 heterocycles. The molecule has 0 unspecified atom stereocenters. The van der Waals surface area contributed by atoms with E-state index in [2.05, 4.69) is 16.2 Å². The number of hydrogen-bond donors (Lipinski definition) is 1. The number of aromatic amines is 1. The summed E-state index contributed by atoms with van der Waals surface area (Å²) in [6.07, 6.45) is 9.40. The Kier molecular flexibility index (Phi) is 2.50. The zero-order valence-electron chi connectivity index (χ0n) is 12.3. The normalized spacial score (nSPS) is 37.5. The third-order valence-electron chi connectivity index (χ3n) is 6.21. The fourth-order valence-electron chi connectivity index (χ4n) is 5.78. The quantitative estimate of drug-likeness (QED) is 0.790. The van der Waals surface area contributed by atoms with Crippen LogP contribution in [-0.2, 0) is 0 Å². The van der Waals surface area contributed by atoms with Crippen molar-refractivity contribution in [3.8, 4) is 0 Å². The lowest BCUT2D eigenvalue weighted by atomic mass is 9.51. The van der Waals surface area contributed by atoms with Gasteiger partial charge in [-0.05, 0) is 74.2 Å². The second-order valence-corrected chi connectivity index (χ2v) is 7.84. The first-order chi connectivity index (χ1) is 10.2. The Hall–Kier alpha value is -1.09. The second kappa shape index (κ2) is 4.22. The highest BCUT2D eigenvalue weighted by molar-refractivity contribution is 6.33. The maximum absolute atomic E-state index is 6.28. The summed E-state index contributed by atoms with van der Waals surface area (Å²) < 4.78 is 0. The smallest absolute Gasteiger partial charge is 0.156 e. The fraction of sp³-hybridized carbons (Fsp3) is 0.647. The third kappa shape index (κ3) is 1.73. The van der Waals surface area contributed by atoms with Gasteiger partial charge in [0.1, 0.15) is 11.3 Å². The minimum Gasteiger partial charge on any atom is -0.357 e. The molecule has 0 amide bonds. The summed E-state index contributed by atoms with van der Waals surface area (Å²) in [5.74, 6) is 5.22. The molecule has 0 aromatic carbocycles. The molecular formula is C17H20ClN3. The van der Waals surface area contributed by atoms with Crippen molar-refractivity contribution < 1.29 is 0 Å². The van der Waals surface area contributed by atoms with Crippen molar-refractivity contribution in [2.45, 2.75) is 44.9 Å². The van der Waals surface area contributed by atoms with Crippen LogP contribution in [0.5, 0.6) is 0 Å². The van der Waals surface area contributed by atoms with Crippen molar-refractivity contribution in [3.63, 3.8) is 0 Å². The Morgan fingerprint density at radius 1 is 1.05 bits per heavy atom. The van der Waals surface area contributed by atoms with Crippen molar-refractivity contribution in [2.75, 3.05) is 0 Å². The standard InChI is InChI=1S/C17H20ClN3/c1-8-20-15-13(7-19-16(15)17(18)21-8)14-11-3-9-2-10(5-11)6-12(14)4-9/h7,9-12,14,19H,2-6H2,1H3. The lowest BCUT2D eigenvalue weighted by Crippen LogP contribution is -2.43. The molecule has 1 N–H and O–H groups in total. The minimum absolute atomic E-state index is 0.563. The first-order valence-electron chi connectivity index (χ1n) is 8.20. The molecule has 110 valence electrons. The number of H-pyrrole nitrogens is 1. The van der Waals surface area contributed by atoms with Crippen molar-refractivity contribution >= 4 is 22.6 Å². The Morgan fingerprint density at radius 3 is 2.38 bits per heavy atom. The van der Waals surface area contributed by atoms with Crippen LogP contribution in [0.1, 0.15) is 49.4 Å². The van der Waals surface area contributed by atoms with Crippen molar-refractivity contribution in [3.05, 3.63) is 22.7 Å². The van der Waals surface area contributed by atoms with Crippen molar-refractivity contribution in [1.82, 2.24) is 15.0 Å². The average molecular weight is 302 g/mol. The Balaban J connectivity index is 1.64. The maximum Gasteiger partial charge on any atom is 0.156 e. The van der Waals surface area contributed by atoms with E-state index in [0.29, 0.717) is 11.1 Å². The number of nitrogens with one attached hydrogen (secondary N) is 1. The van der Waals surface area contributed by atoms with Crippen LogP contribution in [0.2, 0.25) is 5.15 Å². The van der Waals surface area contributed by atoms with Gasteiger partial charge in [0, 0.05) is 6.20 Å². The zero-order chi connectivity index (χ0) is 14.1. The number of aromatic nitrogens is 3. The summed E-state index contributed by atoms with van der Waals surface area (Å²) in [4.78, 5) is 12.3. The van der Waals surface area contributed by atoms with Crippen LogP contribution in [0, 0.1) is 30.6 Å². The summed E-state index contributed by atoms with van der Waals surface area (Å²) in [6.45, 7) is 1.93. The lowest BCUT2D eigenvalue weighted by molar-refractivity contribution is -0.00236. The van der Waals surface area contributed by atoms with Crippen LogP contribution < -0.4 is 0 Å².